The summed E-state index contributed by atoms with van der Waals surface area (Å²) < 4.78 is 4.79. The molecule has 5 nitrogen and oxygen atoms in total. The van der Waals surface area contributed by atoms with Crippen molar-refractivity contribution < 1.29 is 9.53 Å². The van der Waals surface area contributed by atoms with E-state index in [0.717, 1.165) is 5.56 Å². The molecule has 0 fully saturated rings. The van der Waals surface area contributed by atoms with Gasteiger partial charge in [-0.1, -0.05) is 41.5 Å². The predicted octanol–water partition coefficient (Wildman–Crippen LogP) is 3.59. The van der Waals surface area contributed by atoms with Gasteiger partial charge in [0.1, 0.15) is 0 Å². The first kappa shape index (κ1) is 12.8. The molecule has 0 saturated heterocycles. The topological polar surface area (TPSA) is 75.1 Å². The van der Waals surface area contributed by atoms with Gasteiger partial charge in [-0.3, -0.25) is 4.79 Å². The van der Waals surface area contributed by atoms with Gasteiger partial charge in [-0.25, -0.2) is 0 Å². The SMILES string of the molecule is CCOC(=O)CC=Cc1ccccc1N=[N+]=[N-]. The Hall–Kier alpha value is -2.26. The van der Waals surface area contributed by atoms with Gasteiger partial charge in [0.15, 0.2) is 0 Å². The summed E-state index contributed by atoms with van der Waals surface area (Å²) in [5.74, 6) is -0.273. The second kappa shape index (κ2) is 7.09. The minimum atomic E-state index is -0.273. The van der Waals surface area contributed by atoms with Crippen molar-refractivity contribution in [3.05, 3.63) is 46.3 Å². The van der Waals surface area contributed by atoms with Crippen LogP contribution >= 0.6 is 0 Å². The molecule has 0 saturated carbocycles. The van der Waals surface area contributed by atoms with Crippen LogP contribution in [0.3, 0.4) is 0 Å². The summed E-state index contributed by atoms with van der Waals surface area (Å²) in [6.45, 7) is 2.14. The molecule has 88 valence electrons. The van der Waals surface area contributed by atoms with Crippen molar-refractivity contribution in [2.75, 3.05) is 6.61 Å². The van der Waals surface area contributed by atoms with Crippen LogP contribution in [0.25, 0.3) is 16.5 Å². The Balaban J connectivity index is 2.71. The number of ether oxygens (including phenoxy) is 1. The highest BCUT2D eigenvalue weighted by Gasteiger charge is 1.98. The Morgan fingerprint density at radius 3 is 3.00 bits per heavy atom. The minimum Gasteiger partial charge on any atom is -0.466 e. The van der Waals surface area contributed by atoms with Gasteiger partial charge < -0.3 is 4.74 Å². The third kappa shape index (κ3) is 4.40. The van der Waals surface area contributed by atoms with Crippen LogP contribution in [-0.4, -0.2) is 12.6 Å². The van der Waals surface area contributed by atoms with Crippen LogP contribution in [0.4, 0.5) is 5.69 Å². The molecule has 0 aliphatic heterocycles. The first-order valence-corrected chi connectivity index (χ1v) is 5.24. The second-order valence-electron chi connectivity index (χ2n) is 3.16. The molecule has 0 N–H and O–H groups in total. The number of nitrogens with zero attached hydrogens (tertiary/aromatic N) is 3. The quantitative estimate of drug-likeness (QED) is 0.336. The fraction of sp³-hybridized carbons (Fsp3) is 0.250. The smallest absolute Gasteiger partial charge is 0.309 e. The van der Waals surface area contributed by atoms with E-state index in [0.29, 0.717) is 12.3 Å². The van der Waals surface area contributed by atoms with E-state index in [1.807, 2.05) is 12.1 Å². The predicted molar refractivity (Wildman–Crippen MR) is 65.5 cm³/mol. The molecule has 17 heavy (non-hydrogen) atoms. The molecule has 0 bridgehead atoms. The van der Waals surface area contributed by atoms with Crippen LogP contribution in [-0.2, 0) is 9.53 Å². The van der Waals surface area contributed by atoms with E-state index in [1.54, 1.807) is 31.2 Å². The maximum absolute atomic E-state index is 11.1. The van der Waals surface area contributed by atoms with Crippen molar-refractivity contribution in [1.29, 1.82) is 0 Å². The number of hydrogen-bond acceptors (Lipinski definition) is 3. The third-order valence-electron chi connectivity index (χ3n) is 1.98. The van der Waals surface area contributed by atoms with Gasteiger partial charge in [-0.05, 0) is 18.0 Å². The Bertz CT molecular complexity index is 463. The lowest BCUT2D eigenvalue weighted by atomic mass is 10.1. The van der Waals surface area contributed by atoms with Gasteiger partial charge in [-0.15, -0.1) is 0 Å². The number of esters is 1. The summed E-state index contributed by atoms with van der Waals surface area (Å²) in [4.78, 5) is 13.8. The molecule has 0 aliphatic rings. The zero-order chi connectivity index (χ0) is 12.5. The molecule has 1 rings (SSSR count). The summed E-state index contributed by atoms with van der Waals surface area (Å²) in [6.07, 6.45) is 3.63. The zero-order valence-electron chi connectivity index (χ0n) is 9.54. The lowest BCUT2D eigenvalue weighted by Gasteiger charge is -1.99. The molecule has 0 heterocycles. The van der Waals surface area contributed by atoms with E-state index in [1.165, 1.54) is 0 Å². The maximum Gasteiger partial charge on any atom is 0.309 e. The molecule has 0 atom stereocenters. The molecule has 0 radical (unpaired) electrons. The highest BCUT2D eigenvalue weighted by atomic mass is 16.5. The van der Waals surface area contributed by atoms with Gasteiger partial charge in [0.2, 0.25) is 0 Å². The largest absolute Gasteiger partial charge is 0.466 e. The monoisotopic (exact) mass is 231 g/mol. The molecule has 5 heteroatoms. The average Bonchev–Trinajstić information content (AvgIpc) is 2.32. The van der Waals surface area contributed by atoms with Gasteiger partial charge in [0.05, 0.1) is 13.0 Å². The van der Waals surface area contributed by atoms with Crippen LogP contribution in [0.2, 0.25) is 0 Å². The highest BCUT2D eigenvalue weighted by Crippen LogP contribution is 2.20. The summed E-state index contributed by atoms with van der Waals surface area (Å²) in [5.41, 5.74) is 9.70. The molecule has 0 aromatic heterocycles. The molecule has 0 spiro atoms. The standard InChI is InChI=1S/C12H13N3O2/c1-2-17-12(16)9-5-7-10-6-3-4-8-11(10)14-15-13/h3-8H,2,9H2,1H3. The van der Waals surface area contributed by atoms with E-state index in [-0.39, 0.29) is 12.4 Å². The first-order valence-electron chi connectivity index (χ1n) is 5.24. The van der Waals surface area contributed by atoms with Crippen molar-refractivity contribution >= 4 is 17.7 Å². The van der Waals surface area contributed by atoms with Gasteiger partial charge in [-0.2, -0.15) is 0 Å². The van der Waals surface area contributed by atoms with E-state index in [4.69, 9.17) is 10.3 Å². The Morgan fingerprint density at radius 1 is 1.53 bits per heavy atom. The highest BCUT2D eigenvalue weighted by molar-refractivity contribution is 5.73. The molecular weight excluding hydrogens is 218 g/mol. The minimum absolute atomic E-state index is 0.207. The molecule has 1 aromatic rings. The Kier molecular flexibility index (Phi) is 5.34. The Labute approximate surface area is 99.3 Å². The number of azide groups is 1. The van der Waals surface area contributed by atoms with Crippen molar-refractivity contribution in [2.45, 2.75) is 13.3 Å². The van der Waals surface area contributed by atoms with E-state index in [2.05, 4.69) is 10.0 Å². The van der Waals surface area contributed by atoms with Crippen molar-refractivity contribution in [2.24, 2.45) is 5.11 Å². The van der Waals surface area contributed by atoms with E-state index >= 15 is 0 Å². The number of carbonyl (C=O) groups is 1. The number of rotatable bonds is 5. The molecule has 1 aromatic carbocycles. The number of hydrogen-bond donors (Lipinski definition) is 0. The van der Waals surface area contributed by atoms with Crippen molar-refractivity contribution in [1.82, 2.24) is 0 Å². The van der Waals surface area contributed by atoms with Crippen LogP contribution in [0, 0.1) is 0 Å². The average molecular weight is 231 g/mol. The maximum atomic E-state index is 11.1. The summed E-state index contributed by atoms with van der Waals surface area (Å²) in [7, 11) is 0. The molecule has 0 unspecified atom stereocenters. The lowest BCUT2D eigenvalue weighted by Crippen LogP contribution is -2.01. The Morgan fingerprint density at radius 2 is 2.29 bits per heavy atom. The normalized spacial score (nSPS) is 9.94. The summed E-state index contributed by atoms with van der Waals surface area (Å²) in [5, 5.41) is 3.55. The first-order chi connectivity index (χ1) is 8.27. The van der Waals surface area contributed by atoms with Crippen LogP contribution in [0.5, 0.6) is 0 Å². The van der Waals surface area contributed by atoms with E-state index in [9.17, 15) is 4.79 Å². The fourth-order valence-corrected chi connectivity index (χ4v) is 1.27. The molecule has 0 amide bonds. The fourth-order valence-electron chi connectivity index (χ4n) is 1.27. The van der Waals surface area contributed by atoms with Crippen LogP contribution < -0.4 is 0 Å². The van der Waals surface area contributed by atoms with Crippen molar-refractivity contribution in [3.8, 4) is 0 Å². The number of carbonyl (C=O) groups excluding carboxylic acids is 1. The third-order valence-corrected chi connectivity index (χ3v) is 1.98. The van der Waals surface area contributed by atoms with Gasteiger partial charge >= 0.3 is 5.97 Å². The van der Waals surface area contributed by atoms with Gasteiger partial charge in [0, 0.05) is 10.6 Å². The second-order valence-corrected chi connectivity index (χ2v) is 3.16. The summed E-state index contributed by atoms with van der Waals surface area (Å²) in [6, 6.07) is 7.14. The molecular formula is C12H13N3O2. The van der Waals surface area contributed by atoms with Gasteiger partial charge in [0.25, 0.3) is 0 Å². The number of benzene rings is 1. The van der Waals surface area contributed by atoms with Crippen LogP contribution in [0.15, 0.2) is 35.5 Å². The van der Waals surface area contributed by atoms with Crippen LogP contribution in [0.1, 0.15) is 18.9 Å². The summed E-state index contributed by atoms with van der Waals surface area (Å²) >= 11 is 0. The zero-order valence-corrected chi connectivity index (χ0v) is 9.54. The molecule has 0 aliphatic carbocycles. The van der Waals surface area contributed by atoms with E-state index < -0.39 is 0 Å². The lowest BCUT2D eigenvalue weighted by molar-refractivity contribution is -0.142. The van der Waals surface area contributed by atoms with Crippen molar-refractivity contribution in [3.63, 3.8) is 0 Å².